The molecule has 1 saturated heterocycles. The van der Waals surface area contributed by atoms with Crippen molar-refractivity contribution >= 4 is 6.21 Å². The van der Waals surface area contributed by atoms with Crippen LogP contribution in [0.25, 0.3) is 0 Å². The summed E-state index contributed by atoms with van der Waals surface area (Å²) in [5.41, 5.74) is 0. The fourth-order valence-corrected chi connectivity index (χ4v) is 1.35. The van der Waals surface area contributed by atoms with Crippen molar-refractivity contribution < 1.29 is 9.57 Å². The topological polar surface area (TPSA) is 30.8 Å². The summed E-state index contributed by atoms with van der Waals surface area (Å²) in [7, 11) is 0. The Morgan fingerprint density at radius 1 is 1.58 bits per heavy atom. The zero-order valence-electron chi connectivity index (χ0n) is 7.40. The molecular weight excluding hydrogens is 154 g/mol. The maximum absolute atomic E-state index is 5.25. The van der Waals surface area contributed by atoms with Gasteiger partial charge in [-0.25, -0.2) is 0 Å². The molecule has 3 heteroatoms. The lowest BCUT2D eigenvalue weighted by molar-refractivity contribution is 0.0479. The Morgan fingerprint density at radius 2 is 2.42 bits per heavy atom. The van der Waals surface area contributed by atoms with Crippen LogP contribution < -0.4 is 0 Å². The minimum absolute atomic E-state index is 0.204. The highest BCUT2D eigenvalue weighted by molar-refractivity contribution is 5.63. The second-order valence-electron chi connectivity index (χ2n) is 3.72. The molecule has 3 nitrogen and oxygen atoms in total. The highest BCUT2D eigenvalue weighted by Crippen LogP contribution is 2.35. The van der Waals surface area contributed by atoms with Gasteiger partial charge in [-0.1, -0.05) is 12.1 Å². The van der Waals surface area contributed by atoms with Gasteiger partial charge in [0.05, 0.1) is 13.2 Å². The molecule has 2 fully saturated rings. The lowest BCUT2D eigenvalue weighted by Crippen LogP contribution is -2.08. The summed E-state index contributed by atoms with van der Waals surface area (Å²) in [6.45, 7) is 3.76. The standard InChI is InChI=1S/C9H15NO2/c1-7-4-8(7)5-10-12-9-2-3-11-6-9/h5,7-9H,2-4,6H2,1H3/b10-5+. The van der Waals surface area contributed by atoms with Crippen molar-refractivity contribution in [3.63, 3.8) is 0 Å². The van der Waals surface area contributed by atoms with E-state index in [-0.39, 0.29) is 6.10 Å². The zero-order chi connectivity index (χ0) is 8.39. The van der Waals surface area contributed by atoms with Gasteiger partial charge in [0.1, 0.15) is 0 Å². The maximum Gasteiger partial charge on any atom is 0.152 e. The molecular formula is C9H15NO2. The van der Waals surface area contributed by atoms with Crippen LogP contribution in [0, 0.1) is 11.8 Å². The normalized spacial score (nSPS) is 40.6. The molecule has 1 aliphatic carbocycles. The van der Waals surface area contributed by atoms with E-state index in [2.05, 4.69) is 12.1 Å². The first-order valence-electron chi connectivity index (χ1n) is 4.63. The summed E-state index contributed by atoms with van der Waals surface area (Å²) in [6, 6.07) is 0. The second-order valence-corrected chi connectivity index (χ2v) is 3.72. The fourth-order valence-electron chi connectivity index (χ4n) is 1.35. The molecule has 0 N–H and O–H groups in total. The van der Waals surface area contributed by atoms with Crippen LogP contribution in [0.4, 0.5) is 0 Å². The lowest BCUT2D eigenvalue weighted by Gasteiger charge is -2.03. The SMILES string of the molecule is CC1CC1/C=N/OC1CCOC1. The molecule has 3 unspecified atom stereocenters. The van der Waals surface area contributed by atoms with Gasteiger partial charge < -0.3 is 9.57 Å². The predicted molar refractivity (Wildman–Crippen MR) is 46.1 cm³/mol. The van der Waals surface area contributed by atoms with E-state index in [4.69, 9.17) is 9.57 Å². The monoisotopic (exact) mass is 169 g/mol. The molecule has 68 valence electrons. The average Bonchev–Trinajstić information content (AvgIpc) is 2.58. The Hall–Kier alpha value is -0.570. The van der Waals surface area contributed by atoms with Crippen molar-refractivity contribution in [2.24, 2.45) is 17.0 Å². The van der Waals surface area contributed by atoms with E-state index in [9.17, 15) is 0 Å². The lowest BCUT2D eigenvalue weighted by atomic mass is 10.3. The maximum atomic E-state index is 5.25. The Bertz CT molecular complexity index is 175. The fraction of sp³-hybridized carbons (Fsp3) is 0.889. The minimum Gasteiger partial charge on any atom is -0.390 e. The average molecular weight is 169 g/mol. The molecule has 1 heterocycles. The highest BCUT2D eigenvalue weighted by Gasteiger charge is 2.31. The summed E-state index contributed by atoms with van der Waals surface area (Å²) in [5.74, 6) is 1.49. The predicted octanol–water partition coefficient (Wildman–Crippen LogP) is 1.43. The second kappa shape index (κ2) is 3.44. The van der Waals surface area contributed by atoms with Crippen molar-refractivity contribution in [2.45, 2.75) is 25.9 Å². The molecule has 0 amide bonds. The molecule has 12 heavy (non-hydrogen) atoms. The van der Waals surface area contributed by atoms with Gasteiger partial charge in [0.15, 0.2) is 6.10 Å². The van der Waals surface area contributed by atoms with Gasteiger partial charge in [-0.05, 0) is 12.3 Å². The van der Waals surface area contributed by atoms with Crippen LogP contribution >= 0.6 is 0 Å². The van der Waals surface area contributed by atoms with Crippen LogP contribution in [0.2, 0.25) is 0 Å². The number of oxime groups is 1. The molecule has 0 aromatic carbocycles. The summed E-state index contributed by atoms with van der Waals surface area (Å²) >= 11 is 0. The van der Waals surface area contributed by atoms with Crippen molar-refractivity contribution in [3.8, 4) is 0 Å². The Kier molecular flexibility index (Phi) is 2.30. The first-order chi connectivity index (χ1) is 5.86. The van der Waals surface area contributed by atoms with Gasteiger partial charge in [-0.15, -0.1) is 0 Å². The smallest absolute Gasteiger partial charge is 0.152 e. The van der Waals surface area contributed by atoms with E-state index in [1.807, 2.05) is 6.21 Å². The third-order valence-corrected chi connectivity index (χ3v) is 2.52. The molecule has 0 spiro atoms. The van der Waals surface area contributed by atoms with E-state index in [1.165, 1.54) is 6.42 Å². The molecule has 1 saturated carbocycles. The van der Waals surface area contributed by atoms with Crippen LogP contribution in [0.15, 0.2) is 5.16 Å². The minimum atomic E-state index is 0.204. The molecule has 1 aliphatic heterocycles. The van der Waals surface area contributed by atoms with Crippen LogP contribution in [-0.2, 0) is 9.57 Å². The molecule has 3 atom stereocenters. The highest BCUT2D eigenvalue weighted by atomic mass is 16.7. The van der Waals surface area contributed by atoms with E-state index in [0.29, 0.717) is 12.5 Å². The van der Waals surface area contributed by atoms with Crippen molar-refractivity contribution in [2.75, 3.05) is 13.2 Å². The Balaban J connectivity index is 1.63. The molecule has 0 aromatic rings. The Labute approximate surface area is 72.7 Å². The van der Waals surface area contributed by atoms with E-state index in [0.717, 1.165) is 18.9 Å². The quantitative estimate of drug-likeness (QED) is 0.472. The van der Waals surface area contributed by atoms with Gasteiger partial charge in [0.2, 0.25) is 0 Å². The zero-order valence-corrected chi connectivity index (χ0v) is 7.40. The van der Waals surface area contributed by atoms with E-state index >= 15 is 0 Å². The Morgan fingerprint density at radius 3 is 3.00 bits per heavy atom. The van der Waals surface area contributed by atoms with Crippen LogP contribution in [0.3, 0.4) is 0 Å². The number of rotatable bonds is 3. The summed E-state index contributed by atoms with van der Waals surface area (Å²) < 4.78 is 5.15. The number of hydrogen-bond acceptors (Lipinski definition) is 3. The van der Waals surface area contributed by atoms with Crippen LogP contribution in [0.5, 0.6) is 0 Å². The van der Waals surface area contributed by atoms with E-state index in [1.54, 1.807) is 0 Å². The van der Waals surface area contributed by atoms with Gasteiger partial charge in [-0.2, -0.15) is 0 Å². The van der Waals surface area contributed by atoms with Crippen LogP contribution in [-0.4, -0.2) is 25.5 Å². The summed E-state index contributed by atoms with van der Waals surface area (Å²) in [4.78, 5) is 5.25. The first-order valence-corrected chi connectivity index (χ1v) is 4.63. The largest absolute Gasteiger partial charge is 0.390 e. The van der Waals surface area contributed by atoms with Gasteiger partial charge in [0.25, 0.3) is 0 Å². The molecule has 0 aromatic heterocycles. The van der Waals surface area contributed by atoms with Crippen LogP contribution in [0.1, 0.15) is 19.8 Å². The van der Waals surface area contributed by atoms with E-state index < -0.39 is 0 Å². The number of ether oxygens (including phenoxy) is 1. The third kappa shape index (κ3) is 1.97. The molecule has 0 radical (unpaired) electrons. The number of hydrogen-bond donors (Lipinski definition) is 0. The van der Waals surface area contributed by atoms with Crippen molar-refractivity contribution in [1.29, 1.82) is 0 Å². The molecule has 2 aliphatic rings. The molecule has 0 bridgehead atoms. The summed E-state index contributed by atoms with van der Waals surface area (Å²) in [6.07, 6.45) is 4.39. The first kappa shape index (κ1) is 8.05. The van der Waals surface area contributed by atoms with Crippen molar-refractivity contribution in [3.05, 3.63) is 0 Å². The number of nitrogens with zero attached hydrogens (tertiary/aromatic N) is 1. The van der Waals surface area contributed by atoms with Crippen molar-refractivity contribution in [1.82, 2.24) is 0 Å². The summed E-state index contributed by atoms with van der Waals surface area (Å²) in [5, 5.41) is 3.96. The third-order valence-electron chi connectivity index (χ3n) is 2.52. The van der Waals surface area contributed by atoms with Gasteiger partial charge in [-0.3, -0.25) is 0 Å². The van der Waals surface area contributed by atoms with Gasteiger partial charge >= 0.3 is 0 Å². The van der Waals surface area contributed by atoms with Gasteiger partial charge in [0, 0.05) is 18.6 Å². The molecule has 2 rings (SSSR count).